The molecule has 2 N–H and O–H groups in total. The summed E-state index contributed by atoms with van der Waals surface area (Å²) in [5.74, 6) is 0.622. The lowest BCUT2D eigenvalue weighted by Crippen LogP contribution is -2.21. The number of benzene rings is 1. The molecular weight excluding hydrogens is 332 g/mol. The molecule has 1 aromatic carbocycles. The lowest BCUT2D eigenvalue weighted by atomic mass is 10.1. The average Bonchev–Trinajstić information content (AvgIpc) is 3.15. The Morgan fingerprint density at radius 3 is 2.65 bits per heavy atom. The highest BCUT2D eigenvalue weighted by Crippen LogP contribution is 2.36. The minimum absolute atomic E-state index is 0.243. The summed E-state index contributed by atoms with van der Waals surface area (Å²) in [6.45, 7) is 7.63. The molecule has 1 heterocycles. The molecule has 1 aromatic heterocycles. The summed E-state index contributed by atoms with van der Waals surface area (Å²) in [5.41, 5.74) is 3.33. The number of rotatable bonds is 7. The summed E-state index contributed by atoms with van der Waals surface area (Å²) in [6, 6.07) is 5.48. The van der Waals surface area contributed by atoms with Gasteiger partial charge < -0.3 is 19.8 Å². The van der Waals surface area contributed by atoms with Crippen molar-refractivity contribution in [3.63, 3.8) is 0 Å². The third-order valence-electron chi connectivity index (χ3n) is 3.48. The highest BCUT2D eigenvalue weighted by atomic mass is 16.5. The van der Waals surface area contributed by atoms with E-state index in [-0.39, 0.29) is 5.91 Å². The number of hydrogen-bond donors (Lipinski definition) is 2. The highest BCUT2D eigenvalue weighted by molar-refractivity contribution is 5.98. The molecule has 7 nitrogen and oxygen atoms in total. The molecule has 0 fully saturated rings. The zero-order valence-corrected chi connectivity index (χ0v) is 15.3. The first-order valence-electron chi connectivity index (χ1n) is 7.96. The Labute approximate surface area is 152 Å². The first-order valence-corrected chi connectivity index (χ1v) is 7.96. The van der Waals surface area contributed by atoms with Gasteiger partial charge in [0, 0.05) is 7.05 Å². The number of carbonyl (C=O) groups excluding carboxylic acids is 1. The minimum atomic E-state index is -0.243. The van der Waals surface area contributed by atoms with Gasteiger partial charge in [-0.1, -0.05) is 24.3 Å². The topological polar surface area (TPSA) is 89.3 Å². The Morgan fingerprint density at radius 1 is 1.35 bits per heavy atom. The molecule has 0 saturated heterocycles. The third kappa shape index (κ3) is 4.18. The SMILES string of the molecule is C=C/C(C(=O)NC)=C(\C=C(C)C)Nc1cccc(-c2nnco2)c1OC. The van der Waals surface area contributed by atoms with Gasteiger partial charge >= 0.3 is 0 Å². The van der Waals surface area contributed by atoms with E-state index in [4.69, 9.17) is 9.15 Å². The van der Waals surface area contributed by atoms with Crippen molar-refractivity contribution in [1.82, 2.24) is 15.5 Å². The van der Waals surface area contributed by atoms with Crippen LogP contribution < -0.4 is 15.4 Å². The van der Waals surface area contributed by atoms with E-state index in [1.54, 1.807) is 14.2 Å². The first kappa shape index (κ1) is 19.0. The second kappa shape index (κ2) is 8.66. The number of nitrogens with zero attached hydrogens (tertiary/aromatic N) is 2. The highest BCUT2D eigenvalue weighted by Gasteiger charge is 2.17. The Kier molecular flexibility index (Phi) is 6.32. The molecule has 0 aliphatic carbocycles. The third-order valence-corrected chi connectivity index (χ3v) is 3.48. The van der Waals surface area contributed by atoms with Crippen LogP contribution in [0.15, 0.2) is 64.6 Å². The number of allylic oxidation sites excluding steroid dienone is 2. The van der Waals surface area contributed by atoms with Crippen LogP contribution in [0.5, 0.6) is 5.75 Å². The van der Waals surface area contributed by atoms with Crippen LogP contribution in [0, 0.1) is 0 Å². The fourth-order valence-corrected chi connectivity index (χ4v) is 2.39. The van der Waals surface area contributed by atoms with E-state index in [9.17, 15) is 4.79 Å². The van der Waals surface area contributed by atoms with Crippen LogP contribution in [0.2, 0.25) is 0 Å². The van der Waals surface area contributed by atoms with E-state index >= 15 is 0 Å². The molecule has 26 heavy (non-hydrogen) atoms. The fourth-order valence-electron chi connectivity index (χ4n) is 2.39. The van der Waals surface area contributed by atoms with E-state index in [0.29, 0.717) is 34.2 Å². The van der Waals surface area contributed by atoms with Crippen molar-refractivity contribution in [2.75, 3.05) is 19.5 Å². The number of methoxy groups -OCH3 is 1. The fraction of sp³-hybridized carbons (Fsp3) is 0.211. The Morgan fingerprint density at radius 2 is 2.12 bits per heavy atom. The van der Waals surface area contributed by atoms with Crippen molar-refractivity contribution in [1.29, 1.82) is 0 Å². The number of likely N-dealkylation sites (N-methyl/N-ethyl adjacent to an activating group) is 1. The molecule has 2 rings (SSSR count). The molecule has 0 atom stereocenters. The number of nitrogens with one attached hydrogen (secondary N) is 2. The summed E-state index contributed by atoms with van der Waals surface area (Å²) in [4.78, 5) is 12.2. The van der Waals surface area contributed by atoms with Gasteiger partial charge in [-0.25, -0.2) is 0 Å². The summed E-state index contributed by atoms with van der Waals surface area (Å²) in [6.07, 6.45) is 4.63. The maximum atomic E-state index is 12.2. The quantitative estimate of drug-likeness (QED) is 0.586. The smallest absolute Gasteiger partial charge is 0.253 e. The summed E-state index contributed by atoms with van der Waals surface area (Å²) < 4.78 is 10.8. The molecule has 0 unspecified atom stereocenters. The largest absolute Gasteiger partial charge is 0.494 e. The van der Waals surface area contributed by atoms with Crippen LogP contribution in [-0.2, 0) is 4.79 Å². The van der Waals surface area contributed by atoms with Gasteiger partial charge in [0.1, 0.15) is 0 Å². The van der Waals surface area contributed by atoms with Crippen LogP contribution in [0.3, 0.4) is 0 Å². The first-order chi connectivity index (χ1) is 12.5. The van der Waals surface area contributed by atoms with Gasteiger partial charge in [-0.15, -0.1) is 10.2 Å². The summed E-state index contributed by atoms with van der Waals surface area (Å²) in [7, 11) is 3.13. The van der Waals surface area contributed by atoms with E-state index < -0.39 is 0 Å². The second-order valence-electron chi connectivity index (χ2n) is 5.59. The maximum absolute atomic E-state index is 12.2. The molecule has 0 radical (unpaired) electrons. The molecule has 0 aliphatic rings. The molecule has 0 aliphatic heterocycles. The van der Waals surface area contributed by atoms with E-state index in [2.05, 4.69) is 27.4 Å². The van der Waals surface area contributed by atoms with Crippen LogP contribution in [0.25, 0.3) is 11.5 Å². The predicted octanol–water partition coefficient (Wildman–Crippen LogP) is 3.31. The van der Waals surface area contributed by atoms with Crippen LogP contribution in [0.4, 0.5) is 5.69 Å². The van der Waals surface area contributed by atoms with Gasteiger partial charge in [0.25, 0.3) is 11.8 Å². The van der Waals surface area contributed by atoms with Gasteiger partial charge in [0.15, 0.2) is 5.75 Å². The standard InChI is InChI=1S/C19H22N4O3/c1-6-13(18(24)20-4)16(10-12(2)3)22-15-9-7-8-14(17(15)25-5)19-23-21-11-26-19/h6-11,22H,1H2,2-5H3,(H,20,24)/b16-13-. The number of ether oxygens (including phenoxy) is 1. The van der Waals surface area contributed by atoms with E-state index in [0.717, 1.165) is 5.57 Å². The van der Waals surface area contributed by atoms with Crippen molar-refractivity contribution in [2.45, 2.75) is 13.8 Å². The molecule has 7 heteroatoms. The lowest BCUT2D eigenvalue weighted by Gasteiger charge is -2.16. The van der Waals surface area contributed by atoms with E-state index in [1.165, 1.54) is 12.5 Å². The predicted molar refractivity (Wildman–Crippen MR) is 101 cm³/mol. The van der Waals surface area contributed by atoms with Gasteiger partial charge in [-0.3, -0.25) is 4.79 Å². The lowest BCUT2D eigenvalue weighted by molar-refractivity contribution is -0.116. The Hall–Kier alpha value is -3.35. The monoisotopic (exact) mass is 354 g/mol. The number of hydrogen-bond acceptors (Lipinski definition) is 6. The summed E-state index contributed by atoms with van der Waals surface area (Å²) >= 11 is 0. The molecule has 2 aromatic rings. The molecule has 0 spiro atoms. The number of aromatic nitrogens is 2. The molecule has 136 valence electrons. The zero-order chi connectivity index (χ0) is 19.1. The molecular formula is C19H22N4O3. The number of carbonyl (C=O) groups is 1. The molecule has 1 amide bonds. The van der Waals surface area contributed by atoms with Crippen molar-refractivity contribution in [2.24, 2.45) is 0 Å². The van der Waals surface area contributed by atoms with Gasteiger partial charge in [-0.05, 0) is 32.1 Å². The van der Waals surface area contributed by atoms with E-state index in [1.807, 2.05) is 38.1 Å². The molecule has 0 saturated carbocycles. The minimum Gasteiger partial charge on any atom is -0.494 e. The summed E-state index contributed by atoms with van der Waals surface area (Å²) in [5, 5.41) is 13.5. The van der Waals surface area contributed by atoms with Gasteiger partial charge in [0.05, 0.1) is 29.6 Å². The van der Waals surface area contributed by atoms with Gasteiger partial charge in [-0.2, -0.15) is 0 Å². The number of amides is 1. The normalized spacial score (nSPS) is 11.2. The van der Waals surface area contributed by atoms with Crippen molar-refractivity contribution in [3.8, 4) is 17.2 Å². The van der Waals surface area contributed by atoms with Crippen LogP contribution in [0.1, 0.15) is 13.8 Å². The Bertz CT molecular complexity index is 848. The average molecular weight is 354 g/mol. The van der Waals surface area contributed by atoms with Crippen molar-refractivity contribution in [3.05, 3.63) is 60.2 Å². The van der Waals surface area contributed by atoms with Gasteiger partial charge in [0.2, 0.25) is 6.39 Å². The Balaban J connectivity index is 2.58. The van der Waals surface area contributed by atoms with Crippen LogP contribution >= 0.6 is 0 Å². The maximum Gasteiger partial charge on any atom is 0.253 e. The number of anilines is 1. The van der Waals surface area contributed by atoms with Crippen molar-refractivity contribution < 1.29 is 13.9 Å². The number of para-hydroxylation sites is 1. The van der Waals surface area contributed by atoms with Crippen molar-refractivity contribution >= 4 is 11.6 Å². The zero-order valence-electron chi connectivity index (χ0n) is 15.3. The van der Waals surface area contributed by atoms with Crippen LogP contribution in [-0.4, -0.2) is 30.3 Å². The molecule has 0 bridgehead atoms. The second-order valence-corrected chi connectivity index (χ2v) is 5.59.